The van der Waals surface area contributed by atoms with E-state index in [2.05, 4.69) is 5.32 Å². The number of benzene rings is 2. The van der Waals surface area contributed by atoms with E-state index in [-0.39, 0.29) is 18.2 Å². The molecule has 0 saturated heterocycles. The molecule has 2 aromatic rings. The maximum absolute atomic E-state index is 13.5. The monoisotopic (exact) mass is 363 g/mol. The lowest BCUT2D eigenvalue weighted by atomic mass is 9.81. The SMILES string of the molecule is CC(C)(COC=O)C1NC(c2ccccc2C(F)(F)F)c2ccccc21. The highest BCUT2D eigenvalue weighted by molar-refractivity contribution is 5.47. The first kappa shape index (κ1) is 18.5. The normalized spacial score (nSPS) is 19.9. The fraction of sp³-hybridized carbons (Fsp3) is 0.350. The van der Waals surface area contributed by atoms with E-state index in [0.29, 0.717) is 6.47 Å². The number of hydrogen-bond donors (Lipinski definition) is 1. The van der Waals surface area contributed by atoms with E-state index < -0.39 is 23.2 Å². The molecular weight excluding hydrogens is 343 g/mol. The summed E-state index contributed by atoms with van der Waals surface area (Å²) >= 11 is 0. The van der Waals surface area contributed by atoms with Gasteiger partial charge in [-0.2, -0.15) is 13.2 Å². The zero-order valence-electron chi connectivity index (χ0n) is 14.5. The van der Waals surface area contributed by atoms with E-state index in [1.54, 1.807) is 6.07 Å². The van der Waals surface area contributed by atoms with Gasteiger partial charge in [-0.1, -0.05) is 56.3 Å². The van der Waals surface area contributed by atoms with E-state index in [4.69, 9.17) is 4.74 Å². The average molecular weight is 363 g/mol. The summed E-state index contributed by atoms with van der Waals surface area (Å²) in [7, 11) is 0. The van der Waals surface area contributed by atoms with Gasteiger partial charge in [-0.05, 0) is 22.8 Å². The van der Waals surface area contributed by atoms with Crippen molar-refractivity contribution in [1.29, 1.82) is 0 Å². The highest BCUT2D eigenvalue weighted by Crippen LogP contribution is 2.47. The molecule has 3 nitrogen and oxygen atoms in total. The fourth-order valence-corrected chi connectivity index (χ4v) is 3.63. The third-order valence-corrected chi connectivity index (χ3v) is 4.83. The predicted octanol–water partition coefficient (Wildman–Crippen LogP) is 4.64. The van der Waals surface area contributed by atoms with Crippen molar-refractivity contribution in [1.82, 2.24) is 5.32 Å². The van der Waals surface area contributed by atoms with Crippen molar-refractivity contribution in [3.05, 3.63) is 70.8 Å². The van der Waals surface area contributed by atoms with E-state index >= 15 is 0 Å². The van der Waals surface area contributed by atoms with Gasteiger partial charge in [0.05, 0.1) is 18.2 Å². The van der Waals surface area contributed by atoms with Gasteiger partial charge in [-0.25, -0.2) is 0 Å². The summed E-state index contributed by atoms with van der Waals surface area (Å²) in [4.78, 5) is 10.6. The Kier molecular flexibility index (Phi) is 4.80. The molecule has 3 rings (SSSR count). The quantitative estimate of drug-likeness (QED) is 0.787. The molecule has 0 bridgehead atoms. The molecule has 0 aromatic heterocycles. The maximum atomic E-state index is 13.5. The van der Waals surface area contributed by atoms with Crippen LogP contribution in [0.25, 0.3) is 0 Å². The smallest absolute Gasteiger partial charge is 0.416 e. The molecule has 6 heteroatoms. The van der Waals surface area contributed by atoms with Gasteiger partial charge < -0.3 is 4.74 Å². The number of rotatable bonds is 5. The van der Waals surface area contributed by atoms with Crippen LogP contribution >= 0.6 is 0 Å². The molecule has 2 aromatic carbocycles. The number of halogens is 3. The molecule has 26 heavy (non-hydrogen) atoms. The van der Waals surface area contributed by atoms with Crippen LogP contribution in [0.4, 0.5) is 13.2 Å². The number of fused-ring (bicyclic) bond motifs is 1. The Morgan fingerprint density at radius 3 is 2.19 bits per heavy atom. The summed E-state index contributed by atoms with van der Waals surface area (Å²) in [5, 5.41) is 3.34. The van der Waals surface area contributed by atoms with Crippen LogP contribution in [0, 0.1) is 5.41 Å². The van der Waals surface area contributed by atoms with Crippen molar-refractivity contribution in [3.63, 3.8) is 0 Å². The molecular formula is C20H20F3NO2. The van der Waals surface area contributed by atoms with Crippen molar-refractivity contribution < 1.29 is 22.7 Å². The number of alkyl halides is 3. The molecule has 0 fully saturated rings. The molecule has 0 amide bonds. The minimum Gasteiger partial charge on any atom is -0.467 e. The molecule has 0 saturated carbocycles. The van der Waals surface area contributed by atoms with Crippen LogP contribution in [-0.2, 0) is 15.7 Å². The van der Waals surface area contributed by atoms with Gasteiger partial charge in [-0.15, -0.1) is 0 Å². The lowest BCUT2D eigenvalue weighted by molar-refractivity contribution is -0.138. The Hall–Kier alpha value is -2.34. The second-order valence-electron chi connectivity index (χ2n) is 7.14. The van der Waals surface area contributed by atoms with Crippen LogP contribution in [0.2, 0.25) is 0 Å². The fourth-order valence-electron chi connectivity index (χ4n) is 3.63. The molecule has 2 atom stereocenters. The summed E-state index contributed by atoms with van der Waals surface area (Å²) in [6.07, 6.45) is -4.43. The largest absolute Gasteiger partial charge is 0.467 e. The first-order valence-electron chi connectivity index (χ1n) is 8.32. The van der Waals surface area contributed by atoms with Crippen LogP contribution in [0.1, 0.15) is 48.2 Å². The molecule has 0 radical (unpaired) electrons. The summed E-state index contributed by atoms with van der Waals surface area (Å²) in [5.41, 5.74) is 0.804. The zero-order chi connectivity index (χ0) is 18.9. The standard InChI is InChI=1S/C20H20F3NO2/c1-19(2,11-26-12-25)18-14-8-4-3-7-13(14)17(24-18)15-9-5-6-10-16(15)20(21,22)23/h3-10,12,17-18,24H,11H2,1-2H3. The summed E-state index contributed by atoms with van der Waals surface area (Å²) in [5.74, 6) is 0. The Bertz CT molecular complexity index is 802. The molecule has 0 aliphatic carbocycles. The van der Waals surface area contributed by atoms with Crippen LogP contribution < -0.4 is 5.32 Å². The Morgan fingerprint density at radius 2 is 1.58 bits per heavy atom. The van der Waals surface area contributed by atoms with E-state index in [0.717, 1.165) is 17.2 Å². The van der Waals surface area contributed by atoms with Gasteiger partial charge in [-0.3, -0.25) is 10.1 Å². The van der Waals surface area contributed by atoms with Crippen molar-refractivity contribution in [2.45, 2.75) is 32.1 Å². The third-order valence-electron chi connectivity index (χ3n) is 4.83. The molecule has 1 N–H and O–H groups in total. The lowest BCUT2D eigenvalue weighted by Crippen LogP contribution is -2.35. The van der Waals surface area contributed by atoms with Gasteiger partial charge in [0.25, 0.3) is 6.47 Å². The lowest BCUT2D eigenvalue weighted by Gasteiger charge is -2.32. The van der Waals surface area contributed by atoms with Crippen molar-refractivity contribution >= 4 is 6.47 Å². The molecule has 1 aliphatic heterocycles. The van der Waals surface area contributed by atoms with Crippen LogP contribution in [0.3, 0.4) is 0 Å². The number of hydrogen-bond acceptors (Lipinski definition) is 3. The first-order chi connectivity index (χ1) is 12.3. The van der Waals surface area contributed by atoms with Gasteiger partial charge >= 0.3 is 6.18 Å². The molecule has 2 unspecified atom stereocenters. The zero-order valence-corrected chi connectivity index (χ0v) is 14.5. The van der Waals surface area contributed by atoms with Crippen molar-refractivity contribution in [2.24, 2.45) is 5.41 Å². The van der Waals surface area contributed by atoms with Gasteiger partial charge in [0.2, 0.25) is 0 Å². The van der Waals surface area contributed by atoms with Crippen molar-refractivity contribution in [2.75, 3.05) is 6.61 Å². The molecule has 1 aliphatic rings. The second-order valence-corrected chi connectivity index (χ2v) is 7.14. The first-order valence-corrected chi connectivity index (χ1v) is 8.32. The van der Waals surface area contributed by atoms with Gasteiger partial charge in [0, 0.05) is 11.5 Å². The number of carbonyl (C=O) groups is 1. The van der Waals surface area contributed by atoms with Gasteiger partial charge in [0.1, 0.15) is 0 Å². The van der Waals surface area contributed by atoms with Crippen molar-refractivity contribution in [3.8, 4) is 0 Å². The number of ether oxygens (including phenoxy) is 1. The van der Waals surface area contributed by atoms with Crippen LogP contribution in [-0.4, -0.2) is 13.1 Å². The average Bonchev–Trinajstić information content (AvgIpc) is 3.00. The van der Waals surface area contributed by atoms with Gasteiger partial charge in [0.15, 0.2) is 0 Å². The van der Waals surface area contributed by atoms with E-state index in [1.165, 1.54) is 12.1 Å². The summed E-state index contributed by atoms with van der Waals surface area (Å²) < 4.78 is 45.4. The van der Waals surface area contributed by atoms with E-state index in [9.17, 15) is 18.0 Å². The minimum absolute atomic E-state index is 0.163. The topological polar surface area (TPSA) is 38.3 Å². The Labute approximate surface area is 150 Å². The van der Waals surface area contributed by atoms with Crippen LogP contribution in [0.5, 0.6) is 0 Å². The minimum atomic E-state index is -4.43. The highest BCUT2D eigenvalue weighted by atomic mass is 19.4. The molecule has 0 spiro atoms. The maximum Gasteiger partial charge on any atom is 0.416 e. The van der Waals surface area contributed by atoms with E-state index in [1.807, 2.05) is 38.1 Å². The summed E-state index contributed by atoms with van der Waals surface area (Å²) in [6.45, 7) is 4.39. The van der Waals surface area contributed by atoms with Crippen LogP contribution in [0.15, 0.2) is 48.5 Å². The predicted molar refractivity (Wildman–Crippen MR) is 91.4 cm³/mol. The second kappa shape index (κ2) is 6.76. The number of carbonyl (C=O) groups excluding carboxylic acids is 1. The Balaban J connectivity index is 2.06. The Morgan fingerprint density at radius 1 is 1.00 bits per heavy atom. The third kappa shape index (κ3) is 3.33. The number of nitrogens with one attached hydrogen (secondary N) is 1. The summed E-state index contributed by atoms with van der Waals surface area (Å²) in [6, 6.07) is 12.2. The highest BCUT2D eigenvalue weighted by Gasteiger charge is 2.43. The molecule has 138 valence electrons. The molecule has 1 heterocycles.